The van der Waals surface area contributed by atoms with E-state index in [1.54, 1.807) is 36.8 Å². The van der Waals surface area contributed by atoms with E-state index in [9.17, 15) is 4.79 Å². The summed E-state index contributed by atoms with van der Waals surface area (Å²) in [6.07, 6.45) is 4.90. The SMILES string of the molecule is COc1cc(C=Nn2c(-c3cccnc3)n[nH]c2=S)cc(OC)c1OC(C)=O. The molecule has 10 heteroatoms. The number of nitrogens with zero attached hydrogens (tertiary/aromatic N) is 4. The number of esters is 1. The predicted octanol–water partition coefficient (Wildman–Crippen LogP) is 2.83. The van der Waals surface area contributed by atoms with E-state index in [4.69, 9.17) is 26.4 Å². The van der Waals surface area contributed by atoms with Crippen molar-refractivity contribution in [3.8, 4) is 28.6 Å². The molecule has 3 rings (SSSR count). The molecule has 0 aliphatic rings. The molecule has 1 N–H and O–H groups in total. The Labute approximate surface area is 165 Å². The number of methoxy groups -OCH3 is 2. The van der Waals surface area contributed by atoms with Crippen molar-refractivity contribution >= 4 is 24.4 Å². The van der Waals surface area contributed by atoms with Gasteiger partial charge in [-0.25, -0.2) is 5.10 Å². The summed E-state index contributed by atoms with van der Waals surface area (Å²) in [5.41, 5.74) is 1.40. The van der Waals surface area contributed by atoms with Crippen LogP contribution in [0.5, 0.6) is 17.2 Å². The third-order valence-electron chi connectivity index (χ3n) is 3.62. The maximum absolute atomic E-state index is 11.3. The summed E-state index contributed by atoms with van der Waals surface area (Å²) in [4.78, 5) is 15.4. The molecule has 28 heavy (non-hydrogen) atoms. The molecular formula is C18H17N5O4S. The molecule has 0 saturated carbocycles. The van der Waals surface area contributed by atoms with Crippen LogP contribution in [0, 0.1) is 4.77 Å². The molecule has 2 aromatic heterocycles. The van der Waals surface area contributed by atoms with Crippen molar-refractivity contribution in [1.82, 2.24) is 19.9 Å². The second kappa shape index (κ2) is 8.44. The molecule has 1 aromatic carbocycles. The molecular weight excluding hydrogens is 382 g/mol. The number of H-pyrrole nitrogens is 1. The third-order valence-corrected chi connectivity index (χ3v) is 3.89. The highest BCUT2D eigenvalue weighted by Gasteiger charge is 2.16. The Morgan fingerprint density at radius 2 is 2.00 bits per heavy atom. The standard InChI is InChI=1S/C18H17N5O4S/c1-11(24)27-16-14(25-2)7-12(8-15(16)26-3)9-20-23-17(21-22-18(23)28)13-5-4-6-19-10-13/h4-10H,1-3H3,(H,22,28). The van der Waals surface area contributed by atoms with Crippen molar-refractivity contribution in [3.05, 3.63) is 47.0 Å². The molecule has 144 valence electrons. The van der Waals surface area contributed by atoms with Crippen LogP contribution in [-0.2, 0) is 4.79 Å². The highest BCUT2D eigenvalue weighted by Crippen LogP contribution is 2.38. The Kier molecular flexibility index (Phi) is 5.80. The first-order chi connectivity index (χ1) is 13.5. The fourth-order valence-electron chi connectivity index (χ4n) is 2.42. The summed E-state index contributed by atoms with van der Waals surface area (Å²) in [5.74, 6) is 0.901. The number of hydrogen-bond acceptors (Lipinski definition) is 8. The monoisotopic (exact) mass is 399 g/mol. The Morgan fingerprint density at radius 3 is 2.57 bits per heavy atom. The average Bonchev–Trinajstić information content (AvgIpc) is 3.07. The highest BCUT2D eigenvalue weighted by atomic mass is 32.1. The number of pyridine rings is 1. The lowest BCUT2D eigenvalue weighted by Gasteiger charge is -2.13. The van der Waals surface area contributed by atoms with Gasteiger partial charge in [0.15, 0.2) is 17.3 Å². The van der Waals surface area contributed by atoms with Gasteiger partial charge in [-0.2, -0.15) is 14.9 Å². The molecule has 3 aromatic rings. The van der Waals surface area contributed by atoms with Crippen molar-refractivity contribution in [1.29, 1.82) is 0 Å². The van der Waals surface area contributed by atoms with Crippen molar-refractivity contribution in [2.24, 2.45) is 5.10 Å². The summed E-state index contributed by atoms with van der Waals surface area (Å²) >= 11 is 5.26. The largest absolute Gasteiger partial charge is 0.493 e. The number of rotatable bonds is 6. The van der Waals surface area contributed by atoms with Gasteiger partial charge in [-0.05, 0) is 36.5 Å². The van der Waals surface area contributed by atoms with Crippen LogP contribution in [0.2, 0.25) is 0 Å². The maximum Gasteiger partial charge on any atom is 0.308 e. The molecule has 0 fully saturated rings. The van der Waals surface area contributed by atoms with E-state index in [1.807, 2.05) is 6.07 Å². The molecule has 0 unspecified atom stereocenters. The van der Waals surface area contributed by atoms with Crippen molar-refractivity contribution in [2.45, 2.75) is 6.92 Å². The Balaban J connectivity index is 2.01. The van der Waals surface area contributed by atoms with E-state index in [1.165, 1.54) is 25.8 Å². The number of carbonyl (C=O) groups is 1. The van der Waals surface area contributed by atoms with E-state index in [0.29, 0.717) is 27.7 Å². The van der Waals surface area contributed by atoms with Crippen molar-refractivity contribution < 1.29 is 19.0 Å². The first-order valence-electron chi connectivity index (χ1n) is 8.10. The lowest BCUT2D eigenvalue weighted by Crippen LogP contribution is -2.05. The van der Waals surface area contributed by atoms with Gasteiger partial charge >= 0.3 is 5.97 Å². The van der Waals surface area contributed by atoms with Crippen LogP contribution in [0.3, 0.4) is 0 Å². The molecule has 2 heterocycles. The van der Waals surface area contributed by atoms with Crippen molar-refractivity contribution in [3.63, 3.8) is 0 Å². The van der Waals surface area contributed by atoms with Gasteiger partial charge in [0.1, 0.15) is 0 Å². The van der Waals surface area contributed by atoms with E-state index in [2.05, 4.69) is 20.3 Å². The number of hydrogen-bond donors (Lipinski definition) is 1. The molecule has 0 radical (unpaired) electrons. The van der Waals surface area contributed by atoms with E-state index in [0.717, 1.165) is 5.56 Å². The minimum absolute atomic E-state index is 0.200. The molecule has 0 aliphatic carbocycles. The van der Waals surface area contributed by atoms with E-state index < -0.39 is 5.97 Å². The van der Waals surface area contributed by atoms with Crippen LogP contribution >= 0.6 is 12.2 Å². The van der Waals surface area contributed by atoms with E-state index in [-0.39, 0.29) is 5.75 Å². The maximum atomic E-state index is 11.3. The van der Waals surface area contributed by atoms with Crippen LogP contribution in [0.4, 0.5) is 0 Å². The number of ether oxygens (including phenoxy) is 3. The molecule has 0 spiro atoms. The molecule has 0 aliphatic heterocycles. The van der Waals surface area contributed by atoms with Crippen LogP contribution in [0.25, 0.3) is 11.4 Å². The number of aromatic amines is 1. The summed E-state index contributed by atoms with van der Waals surface area (Å²) in [6, 6.07) is 6.98. The van der Waals surface area contributed by atoms with Gasteiger partial charge in [-0.3, -0.25) is 9.78 Å². The van der Waals surface area contributed by atoms with Gasteiger partial charge in [0.2, 0.25) is 10.5 Å². The molecule has 0 bridgehead atoms. The number of benzene rings is 1. The molecule has 0 amide bonds. The summed E-state index contributed by atoms with van der Waals surface area (Å²) in [7, 11) is 2.94. The Bertz CT molecular complexity index is 1050. The van der Waals surface area contributed by atoms with Crippen LogP contribution in [0.1, 0.15) is 12.5 Å². The topological polar surface area (TPSA) is 104 Å². The van der Waals surface area contributed by atoms with Crippen LogP contribution in [-0.4, -0.2) is 46.3 Å². The average molecular weight is 399 g/mol. The first-order valence-corrected chi connectivity index (χ1v) is 8.51. The minimum atomic E-state index is -0.483. The highest BCUT2D eigenvalue weighted by molar-refractivity contribution is 7.71. The fraction of sp³-hybridized carbons (Fsp3) is 0.167. The number of aromatic nitrogens is 4. The normalized spacial score (nSPS) is 10.8. The van der Waals surface area contributed by atoms with Gasteiger partial charge in [0.25, 0.3) is 0 Å². The van der Waals surface area contributed by atoms with Crippen molar-refractivity contribution in [2.75, 3.05) is 14.2 Å². The zero-order valence-corrected chi connectivity index (χ0v) is 16.2. The summed E-state index contributed by atoms with van der Waals surface area (Å²) in [6.45, 7) is 1.30. The zero-order chi connectivity index (χ0) is 20.1. The van der Waals surface area contributed by atoms with Gasteiger partial charge in [-0.15, -0.1) is 0 Å². The second-order valence-electron chi connectivity index (χ2n) is 5.50. The quantitative estimate of drug-likeness (QED) is 0.294. The number of nitrogens with one attached hydrogen (secondary N) is 1. The zero-order valence-electron chi connectivity index (χ0n) is 15.4. The van der Waals surface area contributed by atoms with Gasteiger partial charge in [0.05, 0.1) is 20.4 Å². The molecule has 0 atom stereocenters. The Hall–Kier alpha value is -3.53. The Morgan fingerprint density at radius 1 is 1.29 bits per heavy atom. The lowest BCUT2D eigenvalue weighted by molar-refractivity contribution is -0.132. The molecule has 0 saturated heterocycles. The fourth-order valence-corrected chi connectivity index (χ4v) is 2.60. The lowest BCUT2D eigenvalue weighted by atomic mass is 10.2. The predicted molar refractivity (Wildman–Crippen MR) is 104 cm³/mol. The number of carbonyl (C=O) groups excluding carboxylic acids is 1. The second-order valence-corrected chi connectivity index (χ2v) is 5.89. The minimum Gasteiger partial charge on any atom is -0.493 e. The van der Waals surface area contributed by atoms with E-state index >= 15 is 0 Å². The van der Waals surface area contributed by atoms with Gasteiger partial charge in [0, 0.05) is 30.4 Å². The van der Waals surface area contributed by atoms with Crippen LogP contribution in [0.15, 0.2) is 41.8 Å². The van der Waals surface area contributed by atoms with Gasteiger partial charge in [-0.1, -0.05) is 0 Å². The third kappa shape index (κ3) is 4.07. The molecule has 9 nitrogen and oxygen atoms in total. The van der Waals surface area contributed by atoms with Gasteiger partial charge < -0.3 is 14.2 Å². The summed E-state index contributed by atoms with van der Waals surface area (Å²) in [5, 5.41) is 11.3. The first kappa shape index (κ1) is 19.2. The summed E-state index contributed by atoms with van der Waals surface area (Å²) < 4.78 is 17.6. The van der Waals surface area contributed by atoms with Crippen LogP contribution < -0.4 is 14.2 Å². The smallest absolute Gasteiger partial charge is 0.308 e.